The maximum Gasteiger partial charge on any atom is 0.323 e. The van der Waals surface area contributed by atoms with Crippen LogP contribution in [0.25, 0.3) is 0 Å². The maximum absolute atomic E-state index is 13.3. The Morgan fingerprint density at radius 1 is 1.00 bits per heavy atom. The first-order valence-corrected chi connectivity index (χ1v) is 12.6. The average Bonchev–Trinajstić information content (AvgIpc) is 2.86. The van der Waals surface area contributed by atoms with E-state index in [9.17, 15) is 19.5 Å². The molecule has 186 valence electrons. The topological polar surface area (TPSA) is 122 Å². The molecule has 2 aliphatic carbocycles. The van der Waals surface area contributed by atoms with Gasteiger partial charge in [0.05, 0.1) is 6.42 Å². The molecule has 35 heavy (non-hydrogen) atoms. The van der Waals surface area contributed by atoms with Gasteiger partial charge in [-0.1, -0.05) is 31.2 Å². The van der Waals surface area contributed by atoms with Crippen molar-refractivity contribution >= 4 is 29.2 Å². The first-order valence-electron chi connectivity index (χ1n) is 12.6. The smallest absolute Gasteiger partial charge is 0.323 e. The van der Waals surface area contributed by atoms with E-state index in [1.165, 1.54) is 5.56 Å². The number of fused-ring (bicyclic) bond motifs is 1. The van der Waals surface area contributed by atoms with E-state index in [1.807, 2.05) is 43.3 Å². The number of carboxylic acid groups (broad SMARTS) is 1. The summed E-state index contributed by atoms with van der Waals surface area (Å²) in [7, 11) is 0. The number of rotatable bonds is 7. The quantitative estimate of drug-likeness (QED) is 0.418. The lowest BCUT2D eigenvalue weighted by Gasteiger charge is -2.46. The Kier molecular flexibility index (Phi) is 7.55. The number of urea groups is 1. The molecule has 2 saturated carbocycles. The molecule has 7 heteroatoms. The summed E-state index contributed by atoms with van der Waals surface area (Å²) < 4.78 is 0. The van der Waals surface area contributed by atoms with E-state index in [-0.39, 0.29) is 24.2 Å². The molecule has 2 aromatic rings. The van der Waals surface area contributed by atoms with Gasteiger partial charge >= 0.3 is 12.0 Å². The monoisotopic (exact) mass is 477 g/mol. The molecule has 0 aliphatic heterocycles. The number of hydrogen-bond donors (Lipinski definition) is 4. The molecule has 4 rings (SSSR count). The molecule has 7 nitrogen and oxygen atoms in total. The van der Waals surface area contributed by atoms with Crippen LogP contribution < -0.4 is 16.4 Å². The Morgan fingerprint density at radius 2 is 1.63 bits per heavy atom. The Balaban J connectivity index is 1.34. The first kappa shape index (κ1) is 24.9. The molecule has 4 atom stereocenters. The number of carboxylic acids is 1. The van der Waals surface area contributed by atoms with Gasteiger partial charge in [0.25, 0.3) is 0 Å². The molecule has 0 spiro atoms. The number of ketones is 1. The summed E-state index contributed by atoms with van der Waals surface area (Å²) in [4.78, 5) is 37.0. The highest BCUT2D eigenvalue weighted by Crippen LogP contribution is 2.51. The van der Waals surface area contributed by atoms with Crippen LogP contribution in [-0.4, -0.2) is 22.9 Å². The highest BCUT2D eigenvalue weighted by Gasteiger charge is 2.50. The Labute approximate surface area is 206 Å². The van der Waals surface area contributed by atoms with Crippen LogP contribution >= 0.6 is 0 Å². The fraction of sp³-hybridized carbons (Fsp3) is 0.464. The molecule has 2 aromatic carbocycles. The molecule has 0 aromatic heterocycles. The molecule has 4 unspecified atom stereocenters. The Morgan fingerprint density at radius 3 is 2.20 bits per heavy atom. The molecule has 0 heterocycles. The lowest BCUT2D eigenvalue weighted by Crippen LogP contribution is -2.46. The number of nitrogens with two attached hydrogens (primary N) is 1. The van der Waals surface area contributed by atoms with E-state index in [0.29, 0.717) is 42.6 Å². The number of Topliss-reactive ketones (excluding diaryl/α,β-unsaturated/α-hetero) is 1. The Bertz CT molecular complexity index is 1070. The van der Waals surface area contributed by atoms with Gasteiger partial charge < -0.3 is 21.5 Å². The number of carbonyl (C=O) groups is 3. The van der Waals surface area contributed by atoms with E-state index in [0.717, 1.165) is 31.2 Å². The predicted octanol–water partition coefficient (Wildman–Crippen LogP) is 5.52. The molecule has 5 N–H and O–H groups in total. The van der Waals surface area contributed by atoms with Crippen molar-refractivity contribution in [3.05, 3.63) is 59.7 Å². The van der Waals surface area contributed by atoms with Crippen molar-refractivity contribution in [3.63, 3.8) is 0 Å². The number of hydrogen-bond acceptors (Lipinski definition) is 4. The third-order valence-electron chi connectivity index (χ3n) is 8.09. The summed E-state index contributed by atoms with van der Waals surface area (Å²) in [6.07, 6.45) is 4.85. The lowest BCUT2D eigenvalue weighted by atomic mass is 9.56. The van der Waals surface area contributed by atoms with Crippen molar-refractivity contribution in [1.82, 2.24) is 0 Å². The number of carbonyl (C=O) groups excluding carboxylic acids is 2. The molecule has 2 fully saturated rings. The van der Waals surface area contributed by atoms with Gasteiger partial charge in [-0.25, -0.2) is 4.79 Å². The van der Waals surface area contributed by atoms with Crippen molar-refractivity contribution in [1.29, 1.82) is 0 Å². The number of nitrogens with one attached hydrogen (secondary N) is 2. The second kappa shape index (κ2) is 10.6. The second-order valence-electron chi connectivity index (χ2n) is 10.1. The summed E-state index contributed by atoms with van der Waals surface area (Å²) in [6.45, 7) is 2.40. The lowest BCUT2D eigenvalue weighted by molar-refractivity contribution is -0.151. The Hall–Kier alpha value is -3.19. The van der Waals surface area contributed by atoms with Gasteiger partial charge in [0.2, 0.25) is 0 Å². The molecule has 2 amide bonds. The predicted molar refractivity (Wildman–Crippen MR) is 136 cm³/mol. The van der Waals surface area contributed by atoms with E-state index in [1.54, 1.807) is 0 Å². The van der Waals surface area contributed by atoms with Crippen LogP contribution in [0.5, 0.6) is 0 Å². The molecular formula is C28H35N3O4. The van der Waals surface area contributed by atoms with Crippen LogP contribution in [0.3, 0.4) is 0 Å². The molecular weight excluding hydrogens is 442 g/mol. The van der Waals surface area contributed by atoms with Crippen LogP contribution in [0.1, 0.15) is 68.9 Å². The zero-order valence-corrected chi connectivity index (χ0v) is 20.3. The SMILES string of the molecule is CCC1(CC(=O)O)CCC2CC(c3ccc(NC(=O)Nc4ccc(CN)cc4)cc3)CCC2C1=O. The number of amides is 2. The number of aliphatic carboxylic acids is 1. The molecule has 0 bridgehead atoms. The largest absolute Gasteiger partial charge is 0.481 e. The van der Waals surface area contributed by atoms with Gasteiger partial charge in [-0.15, -0.1) is 0 Å². The maximum atomic E-state index is 13.3. The molecule has 0 radical (unpaired) electrons. The minimum Gasteiger partial charge on any atom is -0.481 e. The van der Waals surface area contributed by atoms with E-state index in [4.69, 9.17) is 5.73 Å². The van der Waals surface area contributed by atoms with Gasteiger partial charge in [0, 0.05) is 29.3 Å². The normalized spacial score (nSPS) is 26.0. The third-order valence-corrected chi connectivity index (χ3v) is 8.09. The molecule has 2 aliphatic rings. The minimum atomic E-state index is -0.876. The highest BCUT2D eigenvalue weighted by atomic mass is 16.4. The molecule has 0 saturated heterocycles. The van der Waals surface area contributed by atoms with Gasteiger partial charge in [0.15, 0.2) is 0 Å². The third kappa shape index (κ3) is 5.56. The summed E-state index contributed by atoms with van der Waals surface area (Å²) in [6, 6.07) is 15.1. The van der Waals surface area contributed by atoms with Crippen molar-refractivity contribution in [2.45, 2.75) is 64.3 Å². The first-order chi connectivity index (χ1) is 16.8. The van der Waals surface area contributed by atoms with Gasteiger partial charge in [-0.05, 0) is 85.8 Å². The van der Waals surface area contributed by atoms with E-state index < -0.39 is 11.4 Å². The summed E-state index contributed by atoms with van der Waals surface area (Å²) in [5.74, 6) is -0.00653. The van der Waals surface area contributed by atoms with Crippen LogP contribution in [0.15, 0.2) is 48.5 Å². The van der Waals surface area contributed by atoms with Crippen LogP contribution in [0, 0.1) is 17.3 Å². The van der Waals surface area contributed by atoms with Crippen molar-refractivity contribution in [2.75, 3.05) is 10.6 Å². The van der Waals surface area contributed by atoms with Gasteiger partial charge in [-0.2, -0.15) is 0 Å². The standard InChI is InChI=1S/C28H35N3O4/c1-2-28(16-25(32)33)14-13-21-15-20(7-12-24(21)26(28)34)19-5-10-23(11-6-19)31-27(35)30-22-8-3-18(17-29)4-9-22/h3-6,8-11,20-21,24H,2,7,12-17,29H2,1H3,(H,32,33)(H2,30,31,35). The fourth-order valence-electron chi connectivity index (χ4n) is 6.01. The van der Waals surface area contributed by atoms with Crippen LogP contribution in [-0.2, 0) is 16.1 Å². The zero-order chi connectivity index (χ0) is 25.0. The van der Waals surface area contributed by atoms with Crippen LogP contribution in [0.4, 0.5) is 16.2 Å². The van der Waals surface area contributed by atoms with Gasteiger partial charge in [-0.3, -0.25) is 9.59 Å². The summed E-state index contributed by atoms with van der Waals surface area (Å²) in [5, 5.41) is 15.0. The zero-order valence-electron chi connectivity index (χ0n) is 20.3. The number of benzene rings is 2. The average molecular weight is 478 g/mol. The highest BCUT2D eigenvalue weighted by molar-refractivity contribution is 5.99. The number of anilines is 2. The van der Waals surface area contributed by atoms with E-state index >= 15 is 0 Å². The second-order valence-corrected chi connectivity index (χ2v) is 10.1. The van der Waals surface area contributed by atoms with Crippen molar-refractivity contribution < 1.29 is 19.5 Å². The van der Waals surface area contributed by atoms with Crippen LogP contribution in [0.2, 0.25) is 0 Å². The summed E-state index contributed by atoms with van der Waals surface area (Å²) in [5.41, 5.74) is 8.56. The summed E-state index contributed by atoms with van der Waals surface area (Å²) >= 11 is 0. The van der Waals surface area contributed by atoms with Crippen molar-refractivity contribution in [3.8, 4) is 0 Å². The van der Waals surface area contributed by atoms with Crippen molar-refractivity contribution in [2.24, 2.45) is 23.0 Å². The van der Waals surface area contributed by atoms with E-state index in [2.05, 4.69) is 22.8 Å². The minimum absolute atomic E-state index is 0.0112. The van der Waals surface area contributed by atoms with Gasteiger partial charge in [0.1, 0.15) is 5.78 Å². The fourth-order valence-corrected chi connectivity index (χ4v) is 6.01.